The van der Waals surface area contributed by atoms with Crippen LogP contribution in [0.2, 0.25) is 0 Å². The highest BCUT2D eigenvalue weighted by molar-refractivity contribution is 5.74. The summed E-state index contributed by atoms with van der Waals surface area (Å²) < 4.78 is 0. The zero-order valence-electron chi connectivity index (χ0n) is 8.39. The summed E-state index contributed by atoms with van der Waals surface area (Å²) in [6.45, 7) is 6.46. The lowest BCUT2D eigenvalue weighted by atomic mass is 9.99. The minimum atomic E-state index is 0.452. The van der Waals surface area contributed by atoms with Crippen LogP contribution < -0.4 is 5.32 Å². The molecule has 1 nitrogen and oxygen atoms in total. The smallest absolute Gasteiger partial charge is 0.0423 e. The van der Waals surface area contributed by atoms with Crippen molar-refractivity contribution in [1.29, 1.82) is 0 Å². The molecule has 1 unspecified atom stereocenters. The molecule has 0 amide bonds. The minimum Gasteiger partial charge on any atom is -0.379 e. The largest absolute Gasteiger partial charge is 0.379 e. The number of benzene rings is 1. The summed E-state index contributed by atoms with van der Waals surface area (Å²) in [6.07, 6.45) is 4.41. The quantitative estimate of drug-likeness (QED) is 0.635. The van der Waals surface area contributed by atoms with Crippen molar-refractivity contribution in [2.24, 2.45) is 0 Å². The highest BCUT2D eigenvalue weighted by Crippen LogP contribution is 2.27. The molecule has 1 aliphatic rings. The summed E-state index contributed by atoms with van der Waals surface area (Å²) >= 11 is 0. The van der Waals surface area contributed by atoms with E-state index in [9.17, 15) is 0 Å². The first-order valence-corrected chi connectivity index (χ1v) is 4.73. The summed E-state index contributed by atoms with van der Waals surface area (Å²) in [5, 5.41) is 3.45. The maximum absolute atomic E-state index is 3.45. The average molecular weight is 173 g/mol. The van der Waals surface area contributed by atoms with Crippen LogP contribution in [0.1, 0.15) is 23.6 Å². The number of anilines is 1. The van der Waals surface area contributed by atoms with Crippen molar-refractivity contribution in [3.63, 3.8) is 0 Å². The van der Waals surface area contributed by atoms with Crippen LogP contribution in [-0.4, -0.2) is 6.04 Å². The highest BCUT2D eigenvalue weighted by atomic mass is 14.9. The molecule has 1 heterocycles. The molecule has 1 N–H and O–H groups in total. The van der Waals surface area contributed by atoms with E-state index in [0.29, 0.717) is 6.04 Å². The molecule has 0 saturated carbocycles. The van der Waals surface area contributed by atoms with Gasteiger partial charge in [-0.3, -0.25) is 0 Å². The standard InChI is InChI=1S/C12H15N/c1-8-6-9(2)11-5-4-10(3)13-12(11)7-8/h4-7,10,13H,1-3H3. The molecule has 1 heteroatoms. The van der Waals surface area contributed by atoms with Crippen LogP contribution in [0.15, 0.2) is 18.2 Å². The maximum Gasteiger partial charge on any atom is 0.0423 e. The predicted octanol–water partition coefficient (Wildman–Crippen LogP) is 3.13. The van der Waals surface area contributed by atoms with E-state index >= 15 is 0 Å². The van der Waals surface area contributed by atoms with Gasteiger partial charge in [-0.05, 0) is 38.0 Å². The molecule has 13 heavy (non-hydrogen) atoms. The summed E-state index contributed by atoms with van der Waals surface area (Å²) in [5.41, 5.74) is 5.29. The maximum atomic E-state index is 3.45. The van der Waals surface area contributed by atoms with E-state index in [1.807, 2.05) is 0 Å². The molecular weight excluding hydrogens is 158 g/mol. The summed E-state index contributed by atoms with van der Waals surface area (Å²) in [6, 6.07) is 4.89. The van der Waals surface area contributed by atoms with Crippen molar-refractivity contribution in [2.75, 3.05) is 5.32 Å². The van der Waals surface area contributed by atoms with E-state index < -0.39 is 0 Å². The van der Waals surface area contributed by atoms with Gasteiger partial charge in [0, 0.05) is 17.3 Å². The number of aryl methyl sites for hydroxylation is 2. The minimum absolute atomic E-state index is 0.452. The third kappa shape index (κ3) is 1.46. The second kappa shape index (κ2) is 2.91. The Kier molecular flexibility index (Phi) is 1.87. The normalized spacial score (nSPS) is 19.5. The van der Waals surface area contributed by atoms with Gasteiger partial charge in [0.15, 0.2) is 0 Å². The van der Waals surface area contributed by atoms with Crippen molar-refractivity contribution in [3.8, 4) is 0 Å². The molecule has 1 aromatic rings. The summed E-state index contributed by atoms with van der Waals surface area (Å²) in [5.74, 6) is 0. The Balaban J connectivity index is 2.56. The molecular formula is C12H15N. The van der Waals surface area contributed by atoms with Gasteiger partial charge in [-0.2, -0.15) is 0 Å². The van der Waals surface area contributed by atoms with Crippen molar-refractivity contribution in [3.05, 3.63) is 34.9 Å². The zero-order valence-corrected chi connectivity index (χ0v) is 8.39. The molecule has 1 atom stereocenters. The number of nitrogens with one attached hydrogen (secondary N) is 1. The third-order valence-corrected chi connectivity index (χ3v) is 2.47. The topological polar surface area (TPSA) is 12.0 Å². The fraction of sp³-hybridized carbons (Fsp3) is 0.333. The molecule has 0 fully saturated rings. The first kappa shape index (κ1) is 8.36. The first-order chi connectivity index (χ1) is 6.16. The Bertz CT molecular complexity index is 364. The van der Waals surface area contributed by atoms with Crippen LogP contribution in [0.4, 0.5) is 5.69 Å². The van der Waals surface area contributed by atoms with Crippen LogP contribution in [0, 0.1) is 13.8 Å². The molecule has 2 rings (SSSR count). The van der Waals surface area contributed by atoms with Crippen LogP contribution in [-0.2, 0) is 0 Å². The molecule has 1 aliphatic heterocycles. The van der Waals surface area contributed by atoms with Gasteiger partial charge in [-0.25, -0.2) is 0 Å². The van der Waals surface area contributed by atoms with Gasteiger partial charge in [-0.15, -0.1) is 0 Å². The van der Waals surface area contributed by atoms with Crippen LogP contribution >= 0.6 is 0 Å². The Labute approximate surface area is 79.5 Å². The second-order valence-corrected chi connectivity index (χ2v) is 3.84. The van der Waals surface area contributed by atoms with Crippen LogP contribution in [0.25, 0.3) is 6.08 Å². The van der Waals surface area contributed by atoms with Gasteiger partial charge in [0.05, 0.1) is 0 Å². The fourth-order valence-electron chi connectivity index (χ4n) is 1.85. The van der Waals surface area contributed by atoms with E-state index in [0.717, 1.165) is 0 Å². The summed E-state index contributed by atoms with van der Waals surface area (Å²) in [7, 11) is 0. The van der Waals surface area contributed by atoms with E-state index in [1.54, 1.807) is 0 Å². The molecule has 1 aromatic carbocycles. The highest BCUT2D eigenvalue weighted by Gasteiger charge is 2.10. The number of hydrogen-bond donors (Lipinski definition) is 1. The third-order valence-electron chi connectivity index (χ3n) is 2.47. The molecule has 0 saturated heterocycles. The van der Waals surface area contributed by atoms with E-state index in [-0.39, 0.29) is 0 Å². The Morgan fingerprint density at radius 2 is 2.00 bits per heavy atom. The van der Waals surface area contributed by atoms with E-state index in [4.69, 9.17) is 0 Å². The zero-order chi connectivity index (χ0) is 9.42. The van der Waals surface area contributed by atoms with E-state index in [2.05, 4.69) is 50.4 Å². The van der Waals surface area contributed by atoms with Crippen molar-refractivity contribution >= 4 is 11.8 Å². The lowest BCUT2D eigenvalue weighted by Gasteiger charge is -2.21. The molecule has 0 bridgehead atoms. The molecule has 68 valence electrons. The van der Waals surface area contributed by atoms with Gasteiger partial charge in [0.25, 0.3) is 0 Å². The Morgan fingerprint density at radius 1 is 1.23 bits per heavy atom. The SMILES string of the molecule is Cc1cc(C)c2c(c1)NC(C)C=C2. The van der Waals surface area contributed by atoms with Gasteiger partial charge >= 0.3 is 0 Å². The van der Waals surface area contributed by atoms with Crippen molar-refractivity contribution in [2.45, 2.75) is 26.8 Å². The van der Waals surface area contributed by atoms with Crippen molar-refractivity contribution in [1.82, 2.24) is 0 Å². The lowest BCUT2D eigenvalue weighted by molar-refractivity contribution is 0.989. The molecule has 0 aromatic heterocycles. The van der Waals surface area contributed by atoms with Gasteiger partial charge < -0.3 is 5.32 Å². The monoisotopic (exact) mass is 173 g/mol. The molecule has 0 spiro atoms. The fourth-order valence-corrected chi connectivity index (χ4v) is 1.85. The van der Waals surface area contributed by atoms with Crippen LogP contribution in [0.3, 0.4) is 0 Å². The van der Waals surface area contributed by atoms with Gasteiger partial charge in [0.2, 0.25) is 0 Å². The number of rotatable bonds is 0. The van der Waals surface area contributed by atoms with Crippen LogP contribution in [0.5, 0.6) is 0 Å². The second-order valence-electron chi connectivity index (χ2n) is 3.84. The van der Waals surface area contributed by atoms with E-state index in [1.165, 1.54) is 22.4 Å². The van der Waals surface area contributed by atoms with Gasteiger partial charge in [0.1, 0.15) is 0 Å². The average Bonchev–Trinajstić information content (AvgIpc) is 2.02. The van der Waals surface area contributed by atoms with Gasteiger partial charge in [-0.1, -0.05) is 18.2 Å². The number of fused-ring (bicyclic) bond motifs is 1. The molecule has 0 aliphatic carbocycles. The summed E-state index contributed by atoms with van der Waals surface area (Å²) in [4.78, 5) is 0. The van der Waals surface area contributed by atoms with Crippen molar-refractivity contribution < 1.29 is 0 Å². The molecule has 0 radical (unpaired) electrons. The Hall–Kier alpha value is -1.24. The predicted molar refractivity (Wildman–Crippen MR) is 58.0 cm³/mol. The lowest BCUT2D eigenvalue weighted by Crippen LogP contribution is -2.16. The first-order valence-electron chi connectivity index (χ1n) is 4.73. The Morgan fingerprint density at radius 3 is 2.77 bits per heavy atom. The number of hydrogen-bond acceptors (Lipinski definition) is 1.